The zero-order chi connectivity index (χ0) is 25.2. The molecule has 0 aromatic heterocycles. The molecule has 2 aliphatic rings. The van der Waals surface area contributed by atoms with Gasteiger partial charge in [-0.3, -0.25) is 0 Å². The number of carbonyl (C=O) groups is 2. The molecule has 0 unspecified atom stereocenters. The number of urea groups is 2. The molecule has 2 heterocycles. The lowest BCUT2D eigenvalue weighted by atomic mass is 9.78. The summed E-state index contributed by atoms with van der Waals surface area (Å²) in [7, 11) is 3.06. The highest BCUT2D eigenvalue weighted by Gasteiger charge is 2.43. The van der Waals surface area contributed by atoms with Crippen LogP contribution in [0.15, 0.2) is 30.3 Å². The Bertz CT molecular complexity index is 1110. The number of anilines is 2. The fourth-order valence-corrected chi connectivity index (χ4v) is 5.24. The lowest BCUT2D eigenvalue weighted by Crippen LogP contribution is -2.46. The number of rotatable bonds is 4. The highest BCUT2D eigenvalue weighted by Crippen LogP contribution is 2.41. The van der Waals surface area contributed by atoms with E-state index in [9.17, 15) is 9.59 Å². The van der Waals surface area contributed by atoms with Gasteiger partial charge in [0.25, 0.3) is 0 Å². The van der Waals surface area contributed by atoms with Crippen LogP contribution in [0.2, 0.25) is 5.02 Å². The molecular formula is C26H33ClN4O4. The average Bonchev–Trinajstić information content (AvgIpc) is 3.25. The third-order valence-electron chi connectivity index (χ3n) is 7.18. The van der Waals surface area contributed by atoms with Crippen LogP contribution in [-0.4, -0.2) is 62.3 Å². The monoisotopic (exact) mass is 500 g/mol. The quantitative estimate of drug-likeness (QED) is 0.578. The Labute approximate surface area is 211 Å². The highest BCUT2D eigenvalue weighted by molar-refractivity contribution is 6.32. The van der Waals surface area contributed by atoms with Crippen molar-refractivity contribution in [2.45, 2.75) is 33.1 Å². The summed E-state index contributed by atoms with van der Waals surface area (Å²) in [5.41, 5.74) is 3.61. The second-order valence-electron chi connectivity index (χ2n) is 9.52. The summed E-state index contributed by atoms with van der Waals surface area (Å²) in [4.78, 5) is 29.6. The van der Waals surface area contributed by atoms with Crippen molar-refractivity contribution in [3.05, 3.63) is 46.5 Å². The molecule has 0 bridgehead atoms. The van der Waals surface area contributed by atoms with Gasteiger partial charge < -0.3 is 29.9 Å². The molecular weight excluding hydrogens is 468 g/mol. The minimum atomic E-state index is -0.184. The van der Waals surface area contributed by atoms with Crippen LogP contribution in [0.25, 0.3) is 0 Å². The number of amides is 4. The van der Waals surface area contributed by atoms with Crippen molar-refractivity contribution in [3.63, 3.8) is 0 Å². The second kappa shape index (κ2) is 10.2. The van der Waals surface area contributed by atoms with Gasteiger partial charge in [0, 0.05) is 37.9 Å². The van der Waals surface area contributed by atoms with Crippen LogP contribution >= 0.6 is 11.6 Å². The van der Waals surface area contributed by atoms with Crippen molar-refractivity contribution < 1.29 is 19.1 Å². The van der Waals surface area contributed by atoms with Gasteiger partial charge in [-0.2, -0.15) is 0 Å². The summed E-state index contributed by atoms with van der Waals surface area (Å²) in [5.74, 6) is 0.964. The van der Waals surface area contributed by atoms with Crippen LogP contribution < -0.4 is 20.1 Å². The zero-order valence-corrected chi connectivity index (χ0v) is 21.5. The van der Waals surface area contributed by atoms with Crippen LogP contribution in [0.5, 0.6) is 11.5 Å². The Hall–Kier alpha value is -3.13. The molecule has 4 amide bonds. The number of nitrogens with zero attached hydrogens (tertiary/aromatic N) is 2. The third-order valence-corrected chi connectivity index (χ3v) is 7.47. The molecule has 1 spiro atoms. The topological polar surface area (TPSA) is 83.1 Å². The molecule has 0 atom stereocenters. The molecule has 0 aliphatic carbocycles. The van der Waals surface area contributed by atoms with Crippen molar-refractivity contribution in [1.82, 2.24) is 9.80 Å². The third kappa shape index (κ3) is 5.42. The maximum Gasteiger partial charge on any atom is 0.321 e. The van der Waals surface area contributed by atoms with Crippen LogP contribution in [0.1, 0.15) is 30.4 Å². The number of halogens is 1. The van der Waals surface area contributed by atoms with Gasteiger partial charge in [0.15, 0.2) is 0 Å². The number of nitrogens with one attached hydrogen (secondary N) is 2. The van der Waals surface area contributed by atoms with Crippen molar-refractivity contribution in [2.24, 2.45) is 5.41 Å². The van der Waals surface area contributed by atoms with Gasteiger partial charge in [0.1, 0.15) is 11.5 Å². The first-order chi connectivity index (χ1) is 16.7. The molecule has 2 aliphatic heterocycles. The van der Waals surface area contributed by atoms with Crippen LogP contribution in [-0.2, 0) is 0 Å². The van der Waals surface area contributed by atoms with E-state index in [0.29, 0.717) is 48.4 Å². The van der Waals surface area contributed by atoms with Gasteiger partial charge >= 0.3 is 12.1 Å². The molecule has 0 radical (unpaired) electrons. The van der Waals surface area contributed by atoms with Crippen molar-refractivity contribution in [2.75, 3.05) is 51.0 Å². The number of hydrogen-bond donors (Lipinski definition) is 2. The van der Waals surface area contributed by atoms with E-state index < -0.39 is 0 Å². The fraction of sp³-hybridized carbons (Fsp3) is 0.462. The zero-order valence-electron chi connectivity index (χ0n) is 20.7. The predicted octanol–water partition coefficient (Wildman–Crippen LogP) is 5.53. The molecule has 2 aromatic carbocycles. The minimum absolute atomic E-state index is 0.0372. The lowest BCUT2D eigenvalue weighted by molar-refractivity contribution is 0.128. The number of carbonyl (C=O) groups excluding carboxylic acids is 2. The number of aryl methyl sites for hydroxylation is 2. The Balaban J connectivity index is 1.33. The van der Waals surface area contributed by atoms with Crippen LogP contribution in [0.3, 0.4) is 0 Å². The highest BCUT2D eigenvalue weighted by atomic mass is 35.5. The van der Waals surface area contributed by atoms with E-state index in [2.05, 4.69) is 16.7 Å². The van der Waals surface area contributed by atoms with Crippen molar-refractivity contribution in [1.29, 1.82) is 0 Å². The molecule has 2 aromatic rings. The van der Waals surface area contributed by atoms with Crippen molar-refractivity contribution in [3.8, 4) is 11.5 Å². The predicted molar refractivity (Wildman–Crippen MR) is 138 cm³/mol. The first kappa shape index (κ1) is 25.0. The van der Waals surface area contributed by atoms with E-state index in [1.54, 1.807) is 12.1 Å². The van der Waals surface area contributed by atoms with E-state index in [4.69, 9.17) is 21.1 Å². The number of benzene rings is 2. The molecule has 2 N–H and O–H groups in total. The Morgan fingerprint density at radius 2 is 1.46 bits per heavy atom. The summed E-state index contributed by atoms with van der Waals surface area (Å²) in [6, 6.07) is 9.06. The van der Waals surface area contributed by atoms with Gasteiger partial charge in [0.05, 0.1) is 24.9 Å². The Kier molecular flexibility index (Phi) is 7.31. The summed E-state index contributed by atoms with van der Waals surface area (Å²) < 4.78 is 10.6. The molecule has 8 nitrogen and oxygen atoms in total. The number of likely N-dealkylation sites (tertiary alicyclic amines) is 2. The van der Waals surface area contributed by atoms with E-state index in [1.807, 2.05) is 35.8 Å². The van der Waals surface area contributed by atoms with Crippen LogP contribution in [0, 0.1) is 19.3 Å². The van der Waals surface area contributed by atoms with E-state index in [-0.39, 0.29) is 17.5 Å². The first-order valence-corrected chi connectivity index (χ1v) is 12.2. The molecule has 188 valence electrons. The number of ether oxygens (including phenoxy) is 2. The van der Waals surface area contributed by atoms with Gasteiger partial charge in [-0.05, 0) is 56.2 Å². The smallest absolute Gasteiger partial charge is 0.321 e. The number of piperidine rings is 1. The van der Waals surface area contributed by atoms with Crippen molar-refractivity contribution >= 4 is 35.0 Å². The molecule has 35 heavy (non-hydrogen) atoms. The van der Waals surface area contributed by atoms with Gasteiger partial charge in [0.2, 0.25) is 0 Å². The lowest BCUT2D eigenvalue weighted by Gasteiger charge is -2.39. The molecule has 2 fully saturated rings. The summed E-state index contributed by atoms with van der Waals surface area (Å²) in [6.45, 7) is 6.73. The number of methoxy groups -OCH3 is 2. The number of hydrogen-bond acceptors (Lipinski definition) is 4. The maximum atomic E-state index is 13.0. The first-order valence-electron chi connectivity index (χ1n) is 11.8. The van der Waals surface area contributed by atoms with Gasteiger partial charge in [-0.25, -0.2) is 9.59 Å². The minimum Gasteiger partial charge on any atom is -0.495 e. The maximum absolute atomic E-state index is 13.0. The van der Waals surface area contributed by atoms with E-state index in [1.165, 1.54) is 19.8 Å². The van der Waals surface area contributed by atoms with Gasteiger partial charge in [-0.15, -0.1) is 0 Å². The Morgan fingerprint density at radius 3 is 2.09 bits per heavy atom. The molecule has 4 rings (SSSR count). The molecule has 9 heteroatoms. The molecule has 2 saturated heterocycles. The Morgan fingerprint density at radius 1 is 0.857 bits per heavy atom. The average molecular weight is 501 g/mol. The second-order valence-corrected chi connectivity index (χ2v) is 9.93. The fourth-order valence-electron chi connectivity index (χ4n) is 5.00. The summed E-state index contributed by atoms with van der Waals surface area (Å²) in [6.07, 6.45) is 2.66. The molecule has 0 saturated carbocycles. The largest absolute Gasteiger partial charge is 0.495 e. The SMILES string of the molecule is COc1cc(OC)c(NC(=O)N2CCC3(CCN(C(=O)Nc4ccc(C)cc4C)CC3)C2)cc1Cl. The summed E-state index contributed by atoms with van der Waals surface area (Å²) in [5, 5.41) is 6.37. The van der Waals surface area contributed by atoms with Gasteiger partial charge in [-0.1, -0.05) is 29.3 Å². The standard InChI is InChI=1S/C26H33ClN4O4/c1-17-5-6-20(18(2)13-17)28-24(32)30-10-7-26(8-11-30)9-12-31(16-26)25(33)29-21-14-19(27)22(34-3)15-23(21)35-4/h5-6,13-15H,7-12,16H2,1-4H3,(H,28,32)(H,29,33). The van der Waals surface area contributed by atoms with E-state index >= 15 is 0 Å². The van der Waals surface area contributed by atoms with Crippen LogP contribution in [0.4, 0.5) is 21.0 Å². The van der Waals surface area contributed by atoms with E-state index in [0.717, 1.165) is 30.5 Å². The normalized spacial score (nSPS) is 16.8. The summed E-state index contributed by atoms with van der Waals surface area (Å²) >= 11 is 6.24.